The predicted molar refractivity (Wildman–Crippen MR) is 108 cm³/mol. The monoisotopic (exact) mass is 366 g/mol. The van der Waals surface area contributed by atoms with Crippen molar-refractivity contribution in [1.29, 1.82) is 0 Å². The molecular formula is C23H30N2O2. The molecule has 4 nitrogen and oxygen atoms in total. The zero-order valence-corrected chi connectivity index (χ0v) is 16.4. The summed E-state index contributed by atoms with van der Waals surface area (Å²) in [5.41, 5.74) is 2.49. The summed E-state index contributed by atoms with van der Waals surface area (Å²) in [6.07, 6.45) is 4.54. The Morgan fingerprint density at radius 3 is 2.74 bits per heavy atom. The first-order chi connectivity index (χ1) is 13.2. The van der Waals surface area contributed by atoms with Gasteiger partial charge in [0.15, 0.2) is 0 Å². The molecule has 4 heteroatoms. The van der Waals surface area contributed by atoms with Crippen LogP contribution in [-0.2, 0) is 13.1 Å². The molecule has 1 fully saturated rings. The summed E-state index contributed by atoms with van der Waals surface area (Å²) in [5, 5.41) is 3.44. The summed E-state index contributed by atoms with van der Waals surface area (Å²) in [6, 6.07) is 17.6. The van der Waals surface area contributed by atoms with Crippen LogP contribution in [0.1, 0.15) is 36.8 Å². The maximum Gasteiger partial charge on any atom is 0.124 e. The highest BCUT2D eigenvalue weighted by Gasteiger charge is 2.40. The van der Waals surface area contributed by atoms with Crippen molar-refractivity contribution in [2.45, 2.75) is 50.4 Å². The minimum atomic E-state index is -0.0845. The molecule has 27 heavy (non-hydrogen) atoms. The first kappa shape index (κ1) is 18.3. The number of methoxy groups -OCH3 is 1. The van der Waals surface area contributed by atoms with Gasteiger partial charge in [0.25, 0.3) is 0 Å². The van der Waals surface area contributed by atoms with Crippen molar-refractivity contribution < 1.29 is 9.47 Å². The van der Waals surface area contributed by atoms with Gasteiger partial charge < -0.3 is 14.8 Å². The number of rotatable bonds is 4. The lowest BCUT2D eigenvalue weighted by Crippen LogP contribution is -2.50. The number of benzene rings is 2. The van der Waals surface area contributed by atoms with Crippen LogP contribution in [0, 0.1) is 0 Å². The number of hydrogen-bond acceptors (Lipinski definition) is 4. The summed E-state index contributed by atoms with van der Waals surface area (Å²) in [5.74, 6) is 1.98. The van der Waals surface area contributed by atoms with E-state index in [0.717, 1.165) is 44.0 Å². The van der Waals surface area contributed by atoms with Gasteiger partial charge in [-0.1, -0.05) is 30.3 Å². The Morgan fingerprint density at radius 1 is 1.15 bits per heavy atom. The number of nitrogens with zero attached hydrogens (tertiary/aromatic N) is 1. The minimum Gasteiger partial charge on any atom is -0.497 e. The lowest BCUT2D eigenvalue weighted by Gasteiger charge is -2.41. The molecule has 0 atom stereocenters. The summed E-state index contributed by atoms with van der Waals surface area (Å²) < 4.78 is 12.1. The van der Waals surface area contributed by atoms with Crippen LogP contribution in [0.5, 0.6) is 11.5 Å². The van der Waals surface area contributed by atoms with Crippen LogP contribution in [-0.4, -0.2) is 37.2 Å². The van der Waals surface area contributed by atoms with Gasteiger partial charge >= 0.3 is 0 Å². The van der Waals surface area contributed by atoms with E-state index in [1.54, 1.807) is 7.11 Å². The van der Waals surface area contributed by atoms with Crippen LogP contribution in [0.15, 0.2) is 48.5 Å². The van der Waals surface area contributed by atoms with Gasteiger partial charge in [0.2, 0.25) is 0 Å². The molecule has 0 bridgehead atoms. The van der Waals surface area contributed by atoms with Crippen molar-refractivity contribution in [2.75, 3.05) is 20.7 Å². The average molecular weight is 367 g/mol. The highest BCUT2D eigenvalue weighted by molar-refractivity contribution is 5.35. The lowest BCUT2D eigenvalue weighted by molar-refractivity contribution is -0.00321. The van der Waals surface area contributed by atoms with Crippen molar-refractivity contribution in [1.82, 2.24) is 10.2 Å². The summed E-state index contributed by atoms with van der Waals surface area (Å²) in [6.45, 7) is 2.80. The van der Waals surface area contributed by atoms with Crippen molar-refractivity contribution in [3.63, 3.8) is 0 Å². The molecular weight excluding hydrogens is 336 g/mol. The quantitative estimate of drug-likeness (QED) is 0.887. The third-order valence-electron chi connectivity index (χ3n) is 6.05. The van der Waals surface area contributed by atoms with E-state index >= 15 is 0 Å². The van der Waals surface area contributed by atoms with E-state index in [0.29, 0.717) is 6.04 Å². The fourth-order valence-electron chi connectivity index (χ4n) is 4.54. The molecule has 0 unspecified atom stereocenters. The van der Waals surface area contributed by atoms with Crippen molar-refractivity contribution >= 4 is 0 Å². The zero-order valence-electron chi connectivity index (χ0n) is 16.4. The third kappa shape index (κ3) is 4.12. The first-order valence-electron chi connectivity index (χ1n) is 9.99. The van der Waals surface area contributed by atoms with E-state index in [1.807, 2.05) is 6.07 Å². The second-order valence-electron chi connectivity index (χ2n) is 7.95. The molecule has 0 amide bonds. The number of nitrogens with one attached hydrogen (secondary N) is 1. The summed E-state index contributed by atoms with van der Waals surface area (Å²) >= 11 is 0. The normalized spacial score (nSPS) is 25.5. The van der Waals surface area contributed by atoms with Crippen molar-refractivity contribution in [3.05, 3.63) is 59.7 Å². The van der Waals surface area contributed by atoms with Crippen LogP contribution >= 0.6 is 0 Å². The number of hydrogen-bond donors (Lipinski definition) is 1. The number of fused-ring (bicyclic) bond motifs is 1. The molecule has 1 spiro atoms. The van der Waals surface area contributed by atoms with Crippen LogP contribution in [0.2, 0.25) is 0 Å². The summed E-state index contributed by atoms with van der Waals surface area (Å²) in [7, 11) is 3.80. The SMILES string of the molecule is CNC1CCC2(CC1)CN(Cc1cccc(OC)c1)Cc1ccccc1O2. The Kier molecular flexibility index (Phi) is 5.37. The molecule has 2 aliphatic rings. The van der Waals surface area contributed by atoms with E-state index < -0.39 is 0 Å². The number of para-hydroxylation sites is 1. The van der Waals surface area contributed by atoms with E-state index in [9.17, 15) is 0 Å². The highest BCUT2D eigenvalue weighted by Crippen LogP contribution is 2.38. The molecule has 2 aromatic rings. The van der Waals surface area contributed by atoms with E-state index in [-0.39, 0.29) is 5.60 Å². The molecule has 1 saturated carbocycles. The van der Waals surface area contributed by atoms with E-state index in [4.69, 9.17) is 9.47 Å². The Balaban J connectivity index is 1.59. The smallest absolute Gasteiger partial charge is 0.124 e. The Bertz CT molecular complexity index is 768. The van der Waals surface area contributed by atoms with Gasteiger partial charge in [-0.05, 0) is 56.5 Å². The van der Waals surface area contributed by atoms with Crippen molar-refractivity contribution in [3.8, 4) is 11.5 Å². The standard InChI is InChI=1S/C23H30N2O2/c1-24-20-10-12-23(13-11-20)17-25(15-18-6-5-8-21(14-18)26-2)16-19-7-3-4-9-22(19)27-23/h3-9,14,20,24H,10-13,15-17H2,1-2H3. The van der Waals surface area contributed by atoms with Gasteiger partial charge in [0.1, 0.15) is 17.1 Å². The maximum absolute atomic E-state index is 6.70. The summed E-state index contributed by atoms with van der Waals surface area (Å²) in [4.78, 5) is 2.54. The lowest BCUT2D eigenvalue weighted by atomic mass is 9.81. The first-order valence-corrected chi connectivity index (χ1v) is 9.99. The molecule has 0 saturated heterocycles. The van der Waals surface area contributed by atoms with Gasteiger partial charge in [-0.15, -0.1) is 0 Å². The molecule has 1 N–H and O–H groups in total. The van der Waals surface area contributed by atoms with Crippen molar-refractivity contribution in [2.24, 2.45) is 0 Å². The van der Waals surface area contributed by atoms with Gasteiger partial charge in [-0.25, -0.2) is 0 Å². The van der Waals surface area contributed by atoms with Crippen LogP contribution < -0.4 is 14.8 Å². The fourth-order valence-corrected chi connectivity index (χ4v) is 4.54. The van der Waals surface area contributed by atoms with Crippen LogP contribution in [0.4, 0.5) is 0 Å². The second kappa shape index (κ2) is 7.91. The maximum atomic E-state index is 6.70. The van der Waals surface area contributed by atoms with Gasteiger partial charge in [0, 0.05) is 31.2 Å². The van der Waals surface area contributed by atoms with Gasteiger partial charge in [-0.3, -0.25) is 4.90 Å². The van der Waals surface area contributed by atoms with Crippen LogP contribution in [0.3, 0.4) is 0 Å². The second-order valence-corrected chi connectivity index (χ2v) is 7.95. The Morgan fingerprint density at radius 2 is 1.96 bits per heavy atom. The molecule has 1 heterocycles. The average Bonchev–Trinajstić information content (AvgIpc) is 2.84. The number of ether oxygens (including phenoxy) is 2. The predicted octanol–water partition coefficient (Wildman–Crippen LogP) is 3.99. The van der Waals surface area contributed by atoms with Gasteiger partial charge in [0.05, 0.1) is 7.11 Å². The topological polar surface area (TPSA) is 33.7 Å². The molecule has 4 rings (SSSR count). The largest absolute Gasteiger partial charge is 0.497 e. The van der Waals surface area contributed by atoms with E-state index in [1.165, 1.54) is 24.0 Å². The van der Waals surface area contributed by atoms with Crippen LogP contribution in [0.25, 0.3) is 0 Å². The highest BCUT2D eigenvalue weighted by atomic mass is 16.5. The van der Waals surface area contributed by atoms with E-state index in [2.05, 4.69) is 59.7 Å². The van der Waals surface area contributed by atoms with Gasteiger partial charge in [-0.2, -0.15) is 0 Å². The Hall–Kier alpha value is -2.04. The molecule has 144 valence electrons. The molecule has 0 radical (unpaired) electrons. The fraction of sp³-hybridized carbons (Fsp3) is 0.478. The molecule has 1 aliphatic carbocycles. The molecule has 0 aromatic heterocycles. The third-order valence-corrected chi connectivity index (χ3v) is 6.05. The molecule has 2 aromatic carbocycles. The molecule has 1 aliphatic heterocycles. The Labute approximate surface area is 162 Å². The zero-order chi connectivity index (χ0) is 18.7. The minimum absolute atomic E-state index is 0.0845.